The van der Waals surface area contributed by atoms with Crippen LogP contribution in [0.25, 0.3) is 0 Å². The van der Waals surface area contributed by atoms with Crippen molar-refractivity contribution < 1.29 is 38.1 Å². The van der Waals surface area contributed by atoms with Crippen molar-refractivity contribution in [1.29, 1.82) is 0 Å². The Morgan fingerprint density at radius 3 is 1.02 bits per heavy atom. The quantitative estimate of drug-likeness (QED) is 0.0249. The summed E-state index contributed by atoms with van der Waals surface area (Å²) in [5.41, 5.74) is 0. The normalized spacial score (nSPS) is 11.5. The number of hydrogen-bond donors (Lipinski definition) is 0. The summed E-state index contributed by atoms with van der Waals surface area (Å²) in [6.07, 6.45) is 17.0. The number of rotatable bonds is 46. The molecule has 0 saturated heterocycles. The van der Waals surface area contributed by atoms with Crippen molar-refractivity contribution in [1.82, 2.24) is 14.7 Å². The van der Waals surface area contributed by atoms with E-state index in [0.29, 0.717) is 52.6 Å². The Morgan fingerprint density at radius 1 is 0.383 bits per heavy atom. The van der Waals surface area contributed by atoms with Gasteiger partial charge in [-0.25, -0.2) is 0 Å². The summed E-state index contributed by atoms with van der Waals surface area (Å²) in [6.45, 7) is 11.4. The van der Waals surface area contributed by atoms with E-state index in [4.69, 9.17) is 18.9 Å². The Bertz CT molecular complexity index is 965. The third kappa shape index (κ3) is 43.8. The van der Waals surface area contributed by atoms with Gasteiger partial charge in [-0.15, -0.1) is 0 Å². The van der Waals surface area contributed by atoms with E-state index in [0.717, 1.165) is 73.5 Å². The molecule has 0 saturated carbocycles. The van der Waals surface area contributed by atoms with Gasteiger partial charge < -0.3 is 33.6 Å². The largest absolute Gasteiger partial charge is 0.465 e. The first-order valence-corrected chi connectivity index (χ1v) is 32.2. The van der Waals surface area contributed by atoms with Crippen molar-refractivity contribution in [3.05, 3.63) is 0 Å². The van der Waals surface area contributed by atoms with Gasteiger partial charge in [0.15, 0.2) is 0 Å². The molecule has 0 atom stereocenters. The molecule has 0 N–H and O–H groups in total. The molecule has 0 unspecified atom stereocenters. The van der Waals surface area contributed by atoms with Crippen LogP contribution in [0, 0.1) is 0 Å². The average molecular weight is 999 g/mol. The van der Waals surface area contributed by atoms with Crippen LogP contribution in [0.3, 0.4) is 0 Å². The van der Waals surface area contributed by atoms with Gasteiger partial charge >= 0.3 is 23.9 Å². The minimum absolute atomic E-state index is 0.201. The van der Waals surface area contributed by atoms with Crippen LogP contribution in [0.2, 0.25) is 0 Å². The molecule has 0 aromatic carbocycles. The molecule has 354 valence electrons. The van der Waals surface area contributed by atoms with Crippen LogP contribution in [0.4, 0.5) is 0 Å². The molecular weight excluding hydrogens is 919 g/mol. The molecule has 0 fully saturated rings. The molecule has 0 aliphatic heterocycles. The van der Waals surface area contributed by atoms with Crippen LogP contribution in [0.15, 0.2) is 0 Å². The molecule has 0 aromatic rings. The third-order valence-corrected chi connectivity index (χ3v) is 17.3. The molecule has 0 radical (unpaired) electrons. The number of unbranched alkanes of at least 4 members (excludes halogenated alkanes) is 6. The van der Waals surface area contributed by atoms with Crippen molar-refractivity contribution >= 4 is 110 Å². The highest BCUT2D eigenvalue weighted by atomic mass is 33.1. The van der Waals surface area contributed by atoms with Crippen LogP contribution >= 0.6 is 86.4 Å². The number of carbonyl (C=O) groups excluding carboxylic acids is 4. The van der Waals surface area contributed by atoms with Gasteiger partial charge in [0.2, 0.25) is 0 Å². The van der Waals surface area contributed by atoms with Crippen molar-refractivity contribution in [3.63, 3.8) is 0 Å². The number of nitrogens with zero attached hydrogens (tertiary/aromatic N) is 3. The minimum Gasteiger partial charge on any atom is -0.465 e. The first kappa shape index (κ1) is 60.6. The molecule has 0 aliphatic rings. The zero-order valence-corrected chi connectivity index (χ0v) is 44.0. The topological polar surface area (TPSA) is 115 Å². The predicted octanol–water partition coefficient (Wildman–Crippen LogP) is 9.98. The molecule has 0 heterocycles. The monoisotopic (exact) mass is 997 g/mol. The summed E-state index contributed by atoms with van der Waals surface area (Å²) in [5.74, 6) is 4.52. The summed E-state index contributed by atoms with van der Waals surface area (Å²) in [4.78, 5) is 56.6. The Kier molecular flexibility index (Phi) is 48.0. The van der Waals surface area contributed by atoms with Crippen LogP contribution in [-0.4, -0.2) is 171 Å². The minimum atomic E-state index is -0.218. The van der Waals surface area contributed by atoms with Gasteiger partial charge in [-0.05, 0) is 71.4 Å². The van der Waals surface area contributed by atoms with Crippen molar-refractivity contribution in [3.8, 4) is 0 Å². The first-order chi connectivity index (χ1) is 29.2. The van der Waals surface area contributed by atoms with E-state index in [1.807, 2.05) is 34.1 Å². The number of ether oxygens (including phenoxy) is 4. The van der Waals surface area contributed by atoms with Crippen molar-refractivity contribution in [2.45, 2.75) is 104 Å². The van der Waals surface area contributed by atoms with Crippen LogP contribution in [0.5, 0.6) is 0 Å². The summed E-state index contributed by atoms with van der Waals surface area (Å²) in [5, 5.41) is 0. The zero-order chi connectivity index (χ0) is 44.2. The highest BCUT2D eigenvalue weighted by Crippen LogP contribution is 2.23. The van der Waals surface area contributed by atoms with Gasteiger partial charge in [0.25, 0.3) is 0 Å². The van der Waals surface area contributed by atoms with E-state index in [1.165, 1.54) is 51.4 Å². The van der Waals surface area contributed by atoms with Crippen molar-refractivity contribution in [2.75, 3.05) is 133 Å². The summed E-state index contributed by atoms with van der Waals surface area (Å²) in [7, 11) is 16.0. The van der Waals surface area contributed by atoms with E-state index >= 15 is 0 Å². The fourth-order valence-electron chi connectivity index (χ4n) is 5.53. The Labute approximate surface area is 396 Å². The van der Waals surface area contributed by atoms with Gasteiger partial charge in [0.1, 0.15) is 26.4 Å². The molecule has 0 amide bonds. The molecule has 0 rings (SSSR count). The Hall–Kier alpha value is 0.560. The van der Waals surface area contributed by atoms with E-state index in [1.54, 1.807) is 64.8 Å². The summed E-state index contributed by atoms with van der Waals surface area (Å²) in [6, 6.07) is 0. The summed E-state index contributed by atoms with van der Waals surface area (Å²) >= 11 is 0. The second-order valence-corrected chi connectivity index (χ2v) is 24.7. The average Bonchev–Trinajstić information content (AvgIpc) is 3.24. The van der Waals surface area contributed by atoms with Crippen LogP contribution in [0.1, 0.15) is 104 Å². The second-order valence-electron chi connectivity index (χ2n) is 14.0. The standard InChI is InChI=1S/C41H79N3O8S8/c1-6-8-10-12-32-57-59-36-30-51-40(47)18-26-44(27-19-41(48)52-31-37-60-58-33-13-11-9-7-2)23-15-21-42(3)20-14-22-43(24-16-38(45)49-28-34-55-53-4)25-17-39(46)50-29-35-56-54-5/h6-37H2,1-5H3. The smallest absolute Gasteiger partial charge is 0.307 e. The lowest BCUT2D eigenvalue weighted by molar-refractivity contribution is -0.145. The lowest BCUT2D eigenvalue weighted by Crippen LogP contribution is -2.34. The van der Waals surface area contributed by atoms with Gasteiger partial charge in [0.05, 0.1) is 25.7 Å². The molecule has 0 bridgehead atoms. The fraction of sp³-hybridized carbons (Fsp3) is 0.902. The highest BCUT2D eigenvalue weighted by Gasteiger charge is 2.15. The van der Waals surface area contributed by atoms with E-state index in [9.17, 15) is 19.2 Å². The number of hydrogen-bond acceptors (Lipinski definition) is 19. The van der Waals surface area contributed by atoms with Crippen molar-refractivity contribution in [2.24, 2.45) is 0 Å². The SMILES string of the molecule is CCCCCCSSCCOC(=O)CCN(CCCN(C)CCCN(CCC(=O)OCCSSC)CCC(=O)OCCSSC)CCC(=O)OCCSSCCCCCC. The predicted molar refractivity (Wildman–Crippen MR) is 272 cm³/mol. The van der Waals surface area contributed by atoms with Gasteiger partial charge in [-0.3, -0.25) is 19.2 Å². The van der Waals surface area contributed by atoms with Gasteiger partial charge in [0, 0.05) is 60.7 Å². The second kappa shape index (κ2) is 47.5. The highest BCUT2D eigenvalue weighted by molar-refractivity contribution is 8.77. The van der Waals surface area contributed by atoms with Crippen LogP contribution < -0.4 is 0 Å². The molecule has 60 heavy (non-hydrogen) atoms. The lowest BCUT2D eigenvalue weighted by Gasteiger charge is -2.25. The van der Waals surface area contributed by atoms with Gasteiger partial charge in [-0.1, -0.05) is 139 Å². The van der Waals surface area contributed by atoms with E-state index < -0.39 is 0 Å². The number of carbonyl (C=O) groups is 4. The first-order valence-electron chi connectivity index (χ1n) is 21.8. The molecule has 11 nitrogen and oxygen atoms in total. The fourth-order valence-corrected chi connectivity index (χ4v) is 11.5. The molecule has 0 spiro atoms. The maximum Gasteiger partial charge on any atom is 0.307 e. The number of esters is 4. The maximum atomic E-state index is 12.6. The molecular formula is C41H79N3O8S8. The molecule has 0 aromatic heterocycles. The zero-order valence-electron chi connectivity index (χ0n) is 37.5. The van der Waals surface area contributed by atoms with E-state index in [-0.39, 0.29) is 49.6 Å². The lowest BCUT2D eigenvalue weighted by atomic mass is 10.2. The van der Waals surface area contributed by atoms with E-state index in [2.05, 4.69) is 35.6 Å². The summed E-state index contributed by atoms with van der Waals surface area (Å²) < 4.78 is 21.8. The van der Waals surface area contributed by atoms with Crippen LogP contribution in [-0.2, 0) is 38.1 Å². The Balaban J connectivity index is 4.89. The van der Waals surface area contributed by atoms with Gasteiger partial charge in [-0.2, -0.15) is 0 Å². The molecule has 19 heteroatoms. The Morgan fingerprint density at radius 2 is 0.700 bits per heavy atom. The molecule has 0 aliphatic carbocycles. The third-order valence-electron chi connectivity index (χ3n) is 8.84. The maximum absolute atomic E-state index is 12.6.